The second kappa shape index (κ2) is 5.73. The molecule has 0 fully saturated rings. The molecule has 0 unspecified atom stereocenters. The number of aromatic nitrogens is 3. The molecule has 2 rings (SSSR count). The Hall–Kier alpha value is -1.04. The largest absolute Gasteiger partial charge is 0.293 e. The van der Waals surface area contributed by atoms with E-state index in [0.717, 1.165) is 0 Å². The molecule has 0 spiro atoms. The topological polar surface area (TPSA) is 47.8 Å². The van der Waals surface area contributed by atoms with Gasteiger partial charge >= 0.3 is 0 Å². The summed E-state index contributed by atoms with van der Waals surface area (Å²) in [6.07, 6.45) is 1.44. The number of benzene rings is 1. The summed E-state index contributed by atoms with van der Waals surface area (Å²) in [7, 11) is 1.77. The van der Waals surface area contributed by atoms with E-state index in [4.69, 9.17) is 23.2 Å². The molecule has 0 amide bonds. The summed E-state index contributed by atoms with van der Waals surface area (Å²) in [6, 6.07) is 4.84. The zero-order valence-corrected chi connectivity index (χ0v) is 11.8. The normalized spacial score (nSPS) is 10.6. The van der Waals surface area contributed by atoms with Crippen molar-refractivity contribution in [2.24, 2.45) is 7.05 Å². The molecule has 0 aliphatic heterocycles. The molecule has 0 saturated carbocycles. The number of thioether (sulfide) groups is 1. The van der Waals surface area contributed by atoms with Gasteiger partial charge in [-0.2, -0.15) is 5.10 Å². The highest BCUT2D eigenvalue weighted by atomic mass is 35.5. The molecular formula is C11H9Cl2N3OS. The number of halogens is 2. The molecule has 1 aromatic carbocycles. The number of carbonyl (C=O) groups excluding carboxylic acids is 1. The van der Waals surface area contributed by atoms with Crippen molar-refractivity contribution in [1.82, 2.24) is 14.8 Å². The maximum atomic E-state index is 12.0. The SMILES string of the molecule is Cn1ncnc1SCC(=O)c1cc(Cl)ccc1Cl. The Bertz CT molecular complexity index is 585. The zero-order valence-electron chi connectivity index (χ0n) is 9.43. The van der Waals surface area contributed by atoms with Gasteiger partial charge in [-0.25, -0.2) is 9.67 Å². The second-order valence-corrected chi connectivity index (χ2v) is 5.29. The zero-order chi connectivity index (χ0) is 13.1. The fraction of sp³-hybridized carbons (Fsp3) is 0.182. The molecule has 94 valence electrons. The first-order chi connectivity index (χ1) is 8.58. The lowest BCUT2D eigenvalue weighted by molar-refractivity contribution is 0.102. The number of Topliss-reactive ketones (excluding diaryl/α,β-unsaturated/α-hetero) is 1. The van der Waals surface area contributed by atoms with Gasteiger partial charge in [-0.3, -0.25) is 4.79 Å². The molecule has 0 atom stereocenters. The minimum Gasteiger partial charge on any atom is -0.293 e. The number of rotatable bonds is 4. The van der Waals surface area contributed by atoms with Crippen LogP contribution in [0.3, 0.4) is 0 Å². The van der Waals surface area contributed by atoms with E-state index >= 15 is 0 Å². The maximum Gasteiger partial charge on any atom is 0.186 e. The summed E-state index contributed by atoms with van der Waals surface area (Å²) < 4.78 is 1.61. The lowest BCUT2D eigenvalue weighted by Crippen LogP contribution is -2.04. The van der Waals surface area contributed by atoms with Gasteiger partial charge in [-0.15, -0.1) is 0 Å². The van der Waals surface area contributed by atoms with E-state index in [-0.39, 0.29) is 11.5 Å². The monoisotopic (exact) mass is 301 g/mol. The standard InChI is InChI=1S/C11H9Cl2N3OS/c1-16-11(14-6-15-16)18-5-10(17)8-4-7(12)2-3-9(8)13/h2-4,6H,5H2,1H3. The van der Waals surface area contributed by atoms with Crippen LogP contribution >= 0.6 is 35.0 Å². The molecule has 7 heteroatoms. The Morgan fingerprint density at radius 3 is 2.89 bits per heavy atom. The van der Waals surface area contributed by atoms with E-state index in [1.807, 2.05) is 0 Å². The van der Waals surface area contributed by atoms with E-state index in [2.05, 4.69) is 10.1 Å². The van der Waals surface area contributed by atoms with Crippen LogP contribution in [0.15, 0.2) is 29.7 Å². The number of hydrogen-bond donors (Lipinski definition) is 0. The number of ketones is 1. The molecule has 0 N–H and O–H groups in total. The highest BCUT2D eigenvalue weighted by Gasteiger charge is 2.13. The Labute approximate surface area is 118 Å². The van der Waals surface area contributed by atoms with Crippen LogP contribution in [0, 0.1) is 0 Å². The maximum absolute atomic E-state index is 12.0. The van der Waals surface area contributed by atoms with Gasteiger partial charge in [-0.1, -0.05) is 35.0 Å². The van der Waals surface area contributed by atoms with Gasteiger partial charge in [0.05, 0.1) is 10.8 Å². The van der Waals surface area contributed by atoms with Gasteiger partial charge < -0.3 is 0 Å². The van der Waals surface area contributed by atoms with Crippen LogP contribution in [0.5, 0.6) is 0 Å². The smallest absolute Gasteiger partial charge is 0.186 e. The van der Waals surface area contributed by atoms with Crippen LogP contribution in [0.2, 0.25) is 10.0 Å². The van der Waals surface area contributed by atoms with Crippen LogP contribution in [-0.2, 0) is 7.05 Å². The highest BCUT2D eigenvalue weighted by Crippen LogP contribution is 2.23. The first kappa shape index (κ1) is 13.4. The van der Waals surface area contributed by atoms with Crippen LogP contribution in [-0.4, -0.2) is 26.3 Å². The summed E-state index contributed by atoms with van der Waals surface area (Å²) in [5.41, 5.74) is 0.429. The third-order valence-corrected chi connectivity index (χ3v) is 3.83. The highest BCUT2D eigenvalue weighted by molar-refractivity contribution is 7.99. The van der Waals surface area contributed by atoms with Gasteiger partial charge in [0.15, 0.2) is 10.9 Å². The van der Waals surface area contributed by atoms with E-state index < -0.39 is 0 Å². The predicted molar refractivity (Wildman–Crippen MR) is 72.5 cm³/mol. The van der Waals surface area contributed by atoms with Crippen molar-refractivity contribution in [2.75, 3.05) is 5.75 Å². The van der Waals surface area contributed by atoms with E-state index in [9.17, 15) is 4.79 Å². The Morgan fingerprint density at radius 2 is 2.22 bits per heavy atom. The van der Waals surface area contributed by atoms with Crippen molar-refractivity contribution >= 4 is 40.7 Å². The van der Waals surface area contributed by atoms with Crippen molar-refractivity contribution < 1.29 is 4.79 Å². The molecule has 1 heterocycles. The van der Waals surface area contributed by atoms with Crippen molar-refractivity contribution in [3.05, 3.63) is 40.1 Å². The lowest BCUT2D eigenvalue weighted by atomic mass is 10.1. The van der Waals surface area contributed by atoms with E-state index in [0.29, 0.717) is 20.8 Å². The summed E-state index contributed by atoms with van der Waals surface area (Å²) in [5.74, 6) is 0.155. The molecule has 0 aliphatic carbocycles. The summed E-state index contributed by atoms with van der Waals surface area (Å²) in [6.45, 7) is 0. The van der Waals surface area contributed by atoms with Gasteiger partial charge in [-0.05, 0) is 18.2 Å². The Morgan fingerprint density at radius 1 is 1.44 bits per heavy atom. The second-order valence-electron chi connectivity index (χ2n) is 3.50. The summed E-state index contributed by atoms with van der Waals surface area (Å²) >= 11 is 13.1. The fourth-order valence-corrected chi connectivity index (χ4v) is 2.50. The molecule has 0 saturated heterocycles. The van der Waals surface area contributed by atoms with Crippen LogP contribution < -0.4 is 0 Å². The number of hydrogen-bond acceptors (Lipinski definition) is 4. The van der Waals surface area contributed by atoms with Gasteiger partial charge in [0.25, 0.3) is 0 Å². The third-order valence-electron chi connectivity index (χ3n) is 2.23. The molecule has 4 nitrogen and oxygen atoms in total. The van der Waals surface area contributed by atoms with Crippen LogP contribution in [0.1, 0.15) is 10.4 Å². The number of nitrogens with zero attached hydrogens (tertiary/aromatic N) is 3. The van der Waals surface area contributed by atoms with Crippen LogP contribution in [0.4, 0.5) is 0 Å². The molecule has 18 heavy (non-hydrogen) atoms. The molecule has 0 radical (unpaired) electrons. The van der Waals surface area contributed by atoms with Crippen molar-refractivity contribution in [3.8, 4) is 0 Å². The number of carbonyl (C=O) groups is 1. The molecule has 0 aliphatic rings. The van der Waals surface area contributed by atoms with Gasteiger partial charge in [0, 0.05) is 17.6 Å². The first-order valence-corrected chi connectivity index (χ1v) is 6.77. The summed E-state index contributed by atoms with van der Waals surface area (Å²) in [5, 5.41) is 5.50. The molecule has 2 aromatic rings. The Kier molecular flexibility index (Phi) is 4.27. The predicted octanol–water partition coefficient (Wildman–Crippen LogP) is 3.10. The third kappa shape index (κ3) is 3.04. The van der Waals surface area contributed by atoms with Gasteiger partial charge in [0.2, 0.25) is 0 Å². The number of aryl methyl sites for hydroxylation is 1. The van der Waals surface area contributed by atoms with Crippen molar-refractivity contribution in [2.45, 2.75) is 5.16 Å². The van der Waals surface area contributed by atoms with Crippen molar-refractivity contribution in [3.63, 3.8) is 0 Å². The fourth-order valence-electron chi connectivity index (χ4n) is 1.34. The van der Waals surface area contributed by atoms with Crippen LogP contribution in [0.25, 0.3) is 0 Å². The Balaban J connectivity index is 2.08. The molecule has 1 aromatic heterocycles. The van der Waals surface area contributed by atoms with Gasteiger partial charge in [0.1, 0.15) is 6.33 Å². The minimum atomic E-state index is -0.0875. The van der Waals surface area contributed by atoms with E-state index in [1.54, 1.807) is 29.9 Å². The first-order valence-electron chi connectivity index (χ1n) is 5.03. The van der Waals surface area contributed by atoms with Crippen molar-refractivity contribution in [1.29, 1.82) is 0 Å². The quantitative estimate of drug-likeness (QED) is 0.643. The minimum absolute atomic E-state index is 0.0875. The molecule has 0 bridgehead atoms. The average Bonchev–Trinajstić information content (AvgIpc) is 2.75. The molecular weight excluding hydrogens is 293 g/mol. The average molecular weight is 302 g/mol. The summed E-state index contributed by atoms with van der Waals surface area (Å²) in [4.78, 5) is 16.0. The van der Waals surface area contributed by atoms with E-state index in [1.165, 1.54) is 18.1 Å². The lowest BCUT2D eigenvalue weighted by Gasteiger charge is -2.03.